The minimum Gasteiger partial charge on any atom is -0.438 e. The number of amides is 2. The van der Waals surface area contributed by atoms with Crippen LogP contribution >= 0.6 is 11.6 Å². The number of carbonyl (C=O) groups excluding carboxylic acids is 1. The summed E-state index contributed by atoms with van der Waals surface area (Å²) in [6.45, 7) is 4.12. The predicted octanol–water partition coefficient (Wildman–Crippen LogP) is 2.87. The Morgan fingerprint density at radius 3 is 2.70 bits per heavy atom. The van der Waals surface area contributed by atoms with Gasteiger partial charge in [0.1, 0.15) is 0 Å². The Morgan fingerprint density at radius 2 is 2.04 bits per heavy atom. The van der Waals surface area contributed by atoms with Gasteiger partial charge in [-0.1, -0.05) is 11.6 Å². The average Bonchev–Trinajstić information content (AvgIpc) is 2.87. The molecule has 6 nitrogen and oxygen atoms in total. The summed E-state index contributed by atoms with van der Waals surface area (Å²) in [5.74, 6) is 1.09. The van der Waals surface area contributed by atoms with Gasteiger partial charge in [-0.3, -0.25) is 0 Å². The van der Waals surface area contributed by atoms with Crippen LogP contribution in [0.3, 0.4) is 0 Å². The SMILES string of the molecule is Cc1nc(CNC(=O)NCCC(C)O)oc1-c1ccc(Cl)cc1. The number of rotatable bonds is 6. The van der Waals surface area contributed by atoms with Gasteiger partial charge in [-0.25, -0.2) is 9.78 Å². The largest absolute Gasteiger partial charge is 0.438 e. The highest BCUT2D eigenvalue weighted by Crippen LogP contribution is 2.25. The van der Waals surface area contributed by atoms with Crippen molar-refractivity contribution in [2.24, 2.45) is 0 Å². The third-order valence-corrected chi connectivity index (χ3v) is 3.45. The fourth-order valence-electron chi connectivity index (χ4n) is 2.01. The van der Waals surface area contributed by atoms with Crippen LogP contribution < -0.4 is 10.6 Å². The number of benzene rings is 1. The lowest BCUT2D eigenvalue weighted by Crippen LogP contribution is -2.36. The monoisotopic (exact) mass is 337 g/mol. The number of nitrogens with one attached hydrogen (secondary N) is 2. The zero-order valence-electron chi connectivity index (χ0n) is 13.1. The highest BCUT2D eigenvalue weighted by Gasteiger charge is 2.12. The molecule has 23 heavy (non-hydrogen) atoms. The first-order chi connectivity index (χ1) is 11.0. The highest BCUT2D eigenvalue weighted by molar-refractivity contribution is 6.30. The van der Waals surface area contributed by atoms with Crippen LogP contribution in [0.2, 0.25) is 5.02 Å². The number of aliphatic hydroxyl groups is 1. The van der Waals surface area contributed by atoms with Gasteiger partial charge in [-0.05, 0) is 44.5 Å². The van der Waals surface area contributed by atoms with Gasteiger partial charge in [0.15, 0.2) is 5.76 Å². The van der Waals surface area contributed by atoms with Gasteiger partial charge >= 0.3 is 6.03 Å². The van der Waals surface area contributed by atoms with Crippen molar-refractivity contribution in [3.05, 3.63) is 40.9 Å². The van der Waals surface area contributed by atoms with Crippen molar-refractivity contribution in [3.63, 3.8) is 0 Å². The van der Waals surface area contributed by atoms with Crippen molar-refractivity contribution in [2.75, 3.05) is 6.54 Å². The van der Waals surface area contributed by atoms with E-state index in [-0.39, 0.29) is 12.6 Å². The molecule has 1 atom stereocenters. The molecule has 7 heteroatoms. The first kappa shape index (κ1) is 17.3. The Kier molecular flexibility index (Phi) is 6.01. The molecule has 1 unspecified atom stereocenters. The molecule has 0 saturated carbocycles. The van der Waals surface area contributed by atoms with Gasteiger partial charge in [0.25, 0.3) is 0 Å². The first-order valence-electron chi connectivity index (χ1n) is 7.37. The standard InChI is InChI=1S/C16H20ClN3O3/c1-10(21)7-8-18-16(22)19-9-14-20-11(2)15(23-14)12-3-5-13(17)6-4-12/h3-6,10,21H,7-9H2,1-2H3,(H2,18,19,22). The number of aromatic nitrogens is 1. The van der Waals surface area contributed by atoms with Crippen LogP contribution in [0.4, 0.5) is 4.79 Å². The lowest BCUT2D eigenvalue weighted by atomic mass is 10.1. The average molecular weight is 338 g/mol. The number of hydrogen-bond donors (Lipinski definition) is 3. The highest BCUT2D eigenvalue weighted by atomic mass is 35.5. The molecule has 0 bridgehead atoms. The molecule has 0 radical (unpaired) electrons. The predicted molar refractivity (Wildman–Crippen MR) is 88.2 cm³/mol. The van der Waals surface area contributed by atoms with E-state index in [9.17, 15) is 4.79 Å². The molecule has 0 aliphatic heterocycles. The molecular formula is C16H20ClN3O3. The Labute approximate surface area is 139 Å². The fraction of sp³-hybridized carbons (Fsp3) is 0.375. The Bertz CT molecular complexity index is 653. The maximum absolute atomic E-state index is 11.6. The zero-order chi connectivity index (χ0) is 16.8. The minimum atomic E-state index is -0.438. The van der Waals surface area contributed by atoms with E-state index >= 15 is 0 Å². The van der Waals surface area contributed by atoms with Gasteiger partial charge in [0.2, 0.25) is 5.89 Å². The van der Waals surface area contributed by atoms with Gasteiger partial charge in [-0.15, -0.1) is 0 Å². The van der Waals surface area contributed by atoms with E-state index in [1.54, 1.807) is 19.1 Å². The maximum atomic E-state index is 11.6. The van der Waals surface area contributed by atoms with Crippen LogP contribution in [0.1, 0.15) is 24.9 Å². The van der Waals surface area contributed by atoms with Gasteiger partial charge in [-0.2, -0.15) is 0 Å². The Hall–Kier alpha value is -2.05. The molecule has 1 heterocycles. The summed E-state index contributed by atoms with van der Waals surface area (Å²) in [6.07, 6.45) is 0.0679. The van der Waals surface area contributed by atoms with Crippen LogP contribution in [-0.4, -0.2) is 28.8 Å². The van der Waals surface area contributed by atoms with Crippen LogP contribution in [0.15, 0.2) is 28.7 Å². The first-order valence-corrected chi connectivity index (χ1v) is 7.75. The summed E-state index contributed by atoms with van der Waals surface area (Å²) in [7, 11) is 0. The van der Waals surface area contributed by atoms with Crippen LogP contribution in [0.25, 0.3) is 11.3 Å². The van der Waals surface area contributed by atoms with E-state index in [2.05, 4.69) is 15.6 Å². The van der Waals surface area contributed by atoms with Gasteiger partial charge in [0, 0.05) is 17.1 Å². The smallest absolute Gasteiger partial charge is 0.315 e. The van der Waals surface area contributed by atoms with E-state index in [0.717, 1.165) is 11.3 Å². The lowest BCUT2D eigenvalue weighted by Gasteiger charge is -2.07. The molecule has 0 saturated heterocycles. The number of aliphatic hydroxyl groups excluding tert-OH is 1. The molecule has 0 spiro atoms. The number of oxazole rings is 1. The lowest BCUT2D eigenvalue weighted by molar-refractivity contribution is 0.183. The van der Waals surface area contributed by atoms with E-state index < -0.39 is 6.10 Å². The van der Waals surface area contributed by atoms with Crippen molar-refractivity contribution in [1.29, 1.82) is 0 Å². The molecule has 2 amide bonds. The van der Waals surface area contributed by atoms with Crippen molar-refractivity contribution in [3.8, 4) is 11.3 Å². The minimum absolute atomic E-state index is 0.189. The van der Waals surface area contributed by atoms with E-state index in [0.29, 0.717) is 29.6 Å². The Morgan fingerprint density at radius 1 is 1.35 bits per heavy atom. The third-order valence-electron chi connectivity index (χ3n) is 3.20. The molecule has 2 aromatic rings. The summed E-state index contributed by atoms with van der Waals surface area (Å²) in [4.78, 5) is 15.9. The second-order valence-corrected chi connectivity index (χ2v) is 5.71. The second-order valence-electron chi connectivity index (χ2n) is 5.28. The van der Waals surface area contributed by atoms with Crippen molar-refractivity contribution in [2.45, 2.75) is 32.9 Å². The zero-order valence-corrected chi connectivity index (χ0v) is 13.9. The maximum Gasteiger partial charge on any atom is 0.315 e. The molecule has 0 aliphatic carbocycles. The van der Waals surface area contributed by atoms with E-state index in [1.165, 1.54) is 0 Å². The van der Waals surface area contributed by atoms with Crippen LogP contribution in [-0.2, 0) is 6.54 Å². The summed E-state index contributed by atoms with van der Waals surface area (Å²) in [5.41, 5.74) is 1.63. The number of aryl methyl sites for hydroxylation is 1. The van der Waals surface area contributed by atoms with Gasteiger partial charge < -0.3 is 20.2 Å². The van der Waals surface area contributed by atoms with Crippen LogP contribution in [0.5, 0.6) is 0 Å². The molecule has 0 aliphatic rings. The molecule has 1 aromatic carbocycles. The van der Waals surface area contributed by atoms with Crippen molar-refractivity contribution >= 4 is 17.6 Å². The number of carbonyl (C=O) groups is 1. The topological polar surface area (TPSA) is 87.4 Å². The summed E-state index contributed by atoms with van der Waals surface area (Å²) in [6, 6.07) is 6.96. The molecule has 0 fully saturated rings. The molecular weight excluding hydrogens is 318 g/mol. The number of nitrogens with zero attached hydrogens (tertiary/aromatic N) is 1. The van der Waals surface area contributed by atoms with Crippen molar-refractivity contribution < 1.29 is 14.3 Å². The molecule has 124 valence electrons. The fourth-order valence-corrected chi connectivity index (χ4v) is 2.14. The molecule has 2 rings (SSSR count). The normalized spacial score (nSPS) is 12.0. The molecule has 3 N–H and O–H groups in total. The second kappa shape index (κ2) is 7.99. The number of halogens is 1. The quantitative estimate of drug-likeness (QED) is 0.756. The van der Waals surface area contributed by atoms with Crippen molar-refractivity contribution in [1.82, 2.24) is 15.6 Å². The number of urea groups is 1. The Balaban J connectivity index is 1.91. The van der Waals surface area contributed by atoms with E-state index in [4.69, 9.17) is 21.1 Å². The number of hydrogen-bond acceptors (Lipinski definition) is 4. The third kappa shape index (κ3) is 5.26. The summed E-state index contributed by atoms with van der Waals surface area (Å²) in [5, 5.41) is 15.1. The summed E-state index contributed by atoms with van der Waals surface area (Å²) >= 11 is 5.87. The van der Waals surface area contributed by atoms with Crippen LogP contribution in [0, 0.1) is 6.92 Å². The summed E-state index contributed by atoms with van der Waals surface area (Å²) < 4.78 is 5.70. The van der Waals surface area contributed by atoms with Gasteiger partial charge in [0.05, 0.1) is 18.3 Å². The molecule has 1 aromatic heterocycles. The van der Waals surface area contributed by atoms with E-state index in [1.807, 2.05) is 19.1 Å².